The van der Waals surface area contributed by atoms with Gasteiger partial charge in [0.1, 0.15) is 0 Å². The third-order valence-electron chi connectivity index (χ3n) is 2.63. The van der Waals surface area contributed by atoms with Crippen LogP contribution in [0.1, 0.15) is 5.56 Å². The summed E-state index contributed by atoms with van der Waals surface area (Å²) in [5, 5.41) is 1.97. The summed E-state index contributed by atoms with van der Waals surface area (Å²) in [6.07, 6.45) is 0.553. The second kappa shape index (κ2) is 4.97. The average Bonchev–Trinajstić information content (AvgIpc) is 2.61. The number of para-hydroxylation sites is 1. The number of benzene rings is 1. The van der Waals surface area contributed by atoms with Crippen molar-refractivity contribution >= 4 is 23.5 Å². The predicted octanol–water partition coefficient (Wildman–Crippen LogP) is 0.458. The zero-order valence-electron chi connectivity index (χ0n) is 9.80. The Hall–Kier alpha value is -2.21. The van der Waals surface area contributed by atoms with Crippen molar-refractivity contribution in [2.75, 3.05) is 18.6 Å². The van der Waals surface area contributed by atoms with E-state index in [4.69, 9.17) is 4.74 Å². The largest absolute Gasteiger partial charge is 0.384 e. The maximum Gasteiger partial charge on any atom is 0.336 e. The Kier molecular flexibility index (Phi) is 3.38. The van der Waals surface area contributed by atoms with Gasteiger partial charge in [0.2, 0.25) is 0 Å². The SMILES string of the molecule is COCCc1ccccc1N1C(=O)NC(=O)C1=O. The van der Waals surface area contributed by atoms with Crippen LogP contribution in [0.4, 0.5) is 10.5 Å². The number of urea groups is 1. The van der Waals surface area contributed by atoms with E-state index in [0.29, 0.717) is 18.7 Å². The molecule has 18 heavy (non-hydrogen) atoms. The zero-order valence-corrected chi connectivity index (χ0v) is 9.80. The van der Waals surface area contributed by atoms with Gasteiger partial charge in [-0.2, -0.15) is 0 Å². The number of nitrogens with zero attached hydrogens (tertiary/aromatic N) is 1. The summed E-state index contributed by atoms with van der Waals surface area (Å²) < 4.78 is 4.97. The van der Waals surface area contributed by atoms with Gasteiger partial charge in [-0.15, -0.1) is 0 Å². The van der Waals surface area contributed by atoms with E-state index in [1.54, 1.807) is 31.4 Å². The number of carbonyl (C=O) groups is 3. The molecular weight excluding hydrogens is 236 g/mol. The van der Waals surface area contributed by atoms with Gasteiger partial charge in [-0.05, 0) is 18.1 Å². The first-order valence-electron chi connectivity index (χ1n) is 5.41. The Morgan fingerprint density at radius 2 is 1.94 bits per heavy atom. The number of anilines is 1. The van der Waals surface area contributed by atoms with E-state index in [1.165, 1.54) is 0 Å². The molecule has 0 saturated carbocycles. The second-order valence-electron chi connectivity index (χ2n) is 3.77. The molecule has 1 aliphatic heterocycles. The van der Waals surface area contributed by atoms with Crippen molar-refractivity contribution in [2.45, 2.75) is 6.42 Å². The number of hydrogen-bond acceptors (Lipinski definition) is 4. The maximum atomic E-state index is 11.6. The molecule has 1 aliphatic rings. The van der Waals surface area contributed by atoms with Crippen LogP contribution in [0.25, 0.3) is 0 Å². The van der Waals surface area contributed by atoms with Gasteiger partial charge in [-0.25, -0.2) is 9.69 Å². The van der Waals surface area contributed by atoms with Crippen molar-refractivity contribution in [3.63, 3.8) is 0 Å². The lowest BCUT2D eigenvalue weighted by Crippen LogP contribution is -2.31. The topological polar surface area (TPSA) is 75.7 Å². The van der Waals surface area contributed by atoms with Crippen LogP contribution in [0.5, 0.6) is 0 Å². The highest BCUT2D eigenvalue weighted by Gasteiger charge is 2.38. The van der Waals surface area contributed by atoms with Crippen LogP contribution in [0, 0.1) is 0 Å². The minimum absolute atomic E-state index is 0.419. The van der Waals surface area contributed by atoms with E-state index < -0.39 is 17.8 Å². The molecule has 1 fully saturated rings. The molecule has 1 saturated heterocycles. The molecule has 0 spiro atoms. The third kappa shape index (κ3) is 2.10. The molecule has 1 aromatic carbocycles. The van der Waals surface area contributed by atoms with Crippen LogP contribution in [0.15, 0.2) is 24.3 Å². The molecule has 0 atom stereocenters. The van der Waals surface area contributed by atoms with Gasteiger partial charge in [0, 0.05) is 7.11 Å². The Bertz CT molecular complexity index is 513. The molecule has 6 heteroatoms. The molecular formula is C12H12N2O4. The molecule has 0 unspecified atom stereocenters. The number of imide groups is 2. The van der Waals surface area contributed by atoms with Crippen molar-refractivity contribution in [1.82, 2.24) is 5.32 Å². The van der Waals surface area contributed by atoms with E-state index in [2.05, 4.69) is 0 Å². The monoisotopic (exact) mass is 248 g/mol. The molecule has 2 rings (SSSR count). The second-order valence-corrected chi connectivity index (χ2v) is 3.77. The van der Waals surface area contributed by atoms with Gasteiger partial charge in [0.05, 0.1) is 12.3 Å². The molecule has 0 aromatic heterocycles. The van der Waals surface area contributed by atoms with Gasteiger partial charge < -0.3 is 4.74 Å². The molecule has 0 radical (unpaired) electrons. The fourth-order valence-corrected chi connectivity index (χ4v) is 1.77. The lowest BCUT2D eigenvalue weighted by molar-refractivity contribution is -0.134. The molecule has 4 amide bonds. The average molecular weight is 248 g/mol. The predicted molar refractivity (Wildman–Crippen MR) is 63.0 cm³/mol. The van der Waals surface area contributed by atoms with E-state index in [0.717, 1.165) is 10.5 Å². The van der Waals surface area contributed by atoms with Crippen molar-refractivity contribution in [1.29, 1.82) is 0 Å². The normalized spacial score (nSPS) is 15.2. The van der Waals surface area contributed by atoms with Crippen LogP contribution >= 0.6 is 0 Å². The Morgan fingerprint density at radius 1 is 1.22 bits per heavy atom. The summed E-state index contributed by atoms with van der Waals surface area (Å²) in [4.78, 5) is 35.2. The van der Waals surface area contributed by atoms with E-state index in [1.807, 2.05) is 5.32 Å². The van der Waals surface area contributed by atoms with Crippen molar-refractivity contribution in [2.24, 2.45) is 0 Å². The maximum absolute atomic E-state index is 11.6. The molecule has 1 heterocycles. The summed E-state index contributed by atoms with van der Waals surface area (Å²) in [5.74, 6) is -1.76. The molecule has 0 aliphatic carbocycles. The number of ether oxygens (including phenoxy) is 1. The van der Waals surface area contributed by atoms with Crippen LogP contribution in [0.2, 0.25) is 0 Å². The number of nitrogens with one attached hydrogen (secondary N) is 1. The fourth-order valence-electron chi connectivity index (χ4n) is 1.77. The minimum Gasteiger partial charge on any atom is -0.384 e. The first-order chi connectivity index (χ1) is 8.65. The van der Waals surface area contributed by atoms with Crippen molar-refractivity contribution < 1.29 is 19.1 Å². The first kappa shape index (κ1) is 12.3. The Balaban J connectivity index is 2.35. The Morgan fingerprint density at radius 3 is 2.56 bits per heavy atom. The van der Waals surface area contributed by atoms with Gasteiger partial charge >= 0.3 is 17.8 Å². The molecule has 94 valence electrons. The summed E-state index contributed by atoms with van der Waals surface area (Å²) in [6.45, 7) is 0.467. The molecule has 1 aromatic rings. The lowest BCUT2D eigenvalue weighted by Gasteiger charge is -2.15. The van der Waals surface area contributed by atoms with Gasteiger partial charge in [0.25, 0.3) is 0 Å². The van der Waals surface area contributed by atoms with Gasteiger partial charge in [-0.3, -0.25) is 14.9 Å². The number of carbonyl (C=O) groups excluding carboxylic acids is 3. The number of hydrogen-bond donors (Lipinski definition) is 1. The molecule has 0 bridgehead atoms. The number of methoxy groups -OCH3 is 1. The number of rotatable bonds is 4. The lowest BCUT2D eigenvalue weighted by atomic mass is 10.1. The molecule has 6 nitrogen and oxygen atoms in total. The smallest absolute Gasteiger partial charge is 0.336 e. The minimum atomic E-state index is -0.901. The highest BCUT2D eigenvalue weighted by molar-refractivity contribution is 6.53. The summed E-state index contributed by atoms with van der Waals surface area (Å²) in [5.41, 5.74) is 1.19. The first-order valence-corrected chi connectivity index (χ1v) is 5.41. The highest BCUT2D eigenvalue weighted by atomic mass is 16.5. The highest BCUT2D eigenvalue weighted by Crippen LogP contribution is 2.23. The standard InChI is InChI=1S/C12H12N2O4/c1-18-7-6-8-4-2-3-5-9(8)14-11(16)10(15)13-12(14)17/h2-5H,6-7H2,1H3,(H,13,15,17). The van der Waals surface area contributed by atoms with Crippen LogP contribution in [0.3, 0.4) is 0 Å². The van der Waals surface area contributed by atoms with E-state index in [-0.39, 0.29) is 0 Å². The van der Waals surface area contributed by atoms with Crippen LogP contribution in [-0.2, 0) is 20.7 Å². The summed E-state index contributed by atoms with van der Waals surface area (Å²) in [6, 6.07) is 6.21. The molecule has 1 N–H and O–H groups in total. The fraction of sp³-hybridized carbons (Fsp3) is 0.250. The van der Waals surface area contributed by atoms with E-state index >= 15 is 0 Å². The number of amides is 4. The van der Waals surface area contributed by atoms with Crippen LogP contribution < -0.4 is 10.2 Å². The summed E-state index contributed by atoms with van der Waals surface area (Å²) >= 11 is 0. The van der Waals surface area contributed by atoms with Crippen LogP contribution in [-0.4, -0.2) is 31.6 Å². The van der Waals surface area contributed by atoms with E-state index in [9.17, 15) is 14.4 Å². The quantitative estimate of drug-likeness (QED) is 0.620. The Labute approximate surface area is 104 Å². The summed E-state index contributed by atoms with van der Waals surface area (Å²) in [7, 11) is 1.57. The third-order valence-corrected chi connectivity index (χ3v) is 2.63. The van der Waals surface area contributed by atoms with Crippen molar-refractivity contribution in [3.8, 4) is 0 Å². The zero-order chi connectivity index (χ0) is 13.1. The van der Waals surface area contributed by atoms with Gasteiger partial charge in [0.15, 0.2) is 0 Å². The van der Waals surface area contributed by atoms with Gasteiger partial charge in [-0.1, -0.05) is 18.2 Å². The van der Waals surface area contributed by atoms with Crippen molar-refractivity contribution in [3.05, 3.63) is 29.8 Å².